The smallest absolute Gasteiger partial charge is 0.408 e. The van der Waals surface area contributed by atoms with Crippen LogP contribution < -0.4 is 5.76 Å². The van der Waals surface area contributed by atoms with Crippen molar-refractivity contribution in [3.05, 3.63) is 66.1 Å². The first-order chi connectivity index (χ1) is 9.54. The lowest BCUT2D eigenvalue weighted by Crippen LogP contribution is -1.95. The number of alkyl halides is 1. The molecule has 3 aromatic rings. The van der Waals surface area contributed by atoms with Crippen molar-refractivity contribution >= 4 is 61.2 Å². The molecule has 0 amide bonds. The van der Waals surface area contributed by atoms with Gasteiger partial charge in [-0.3, -0.25) is 4.98 Å². The molecular weight excluding hydrogens is 456 g/mol. The Bertz CT molecular complexity index is 843. The molecule has 1 aromatic heterocycles. The normalized spacial score (nSPS) is 12.8. The van der Waals surface area contributed by atoms with Gasteiger partial charge >= 0.3 is 5.76 Å². The average Bonchev–Trinajstić information content (AvgIpc) is 2.79. The van der Waals surface area contributed by atoms with Crippen molar-refractivity contribution in [3.8, 4) is 0 Å². The van der Waals surface area contributed by atoms with Crippen molar-refractivity contribution < 1.29 is 4.42 Å². The van der Waals surface area contributed by atoms with E-state index >= 15 is 0 Å². The van der Waals surface area contributed by atoms with E-state index in [1.165, 1.54) is 0 Å². The fourth-order valence-electron chi connectivity index (χ4n) is 2.01. The zero-order chi connectivity index (χ0) is 14.3. The lowest BCUT2D eigenvalue weighted by molar-refractivity contribution is 0.555. The van der Waals surface area contributed by atoms with Gasteiger partial charge in [-0.05, 0) is 64.0 Å². The summed E-state index contributed by atoms with van der Waals surface area (Å²) in [6.45, 7) is 0. The zero-order valence-corrected chi connectivity index (χ0v) is 14.5. The van der Waals surface area contributed by atoms with E-state index in [0.29, 0.717) is 11.1 Å². The van der Waals surface area contributed by atoms with E-state index in [-0.39, 0.29) is 5.38 Å². The van der Waals surface area contributed by atoms with Crippen LogP contribution in [0.15, 0.2) is 50.1 Å². The van der Waals surface area contributed by atoms with Gasteiger partial charge in [0.25, 0.3) is 0 Å². The number of aromatic nitrogens is 1. The number of rotatable bonds is 2. The molecule has 0 bridgehead atoms. The van der Waals surface area contributed by atoms with Crippen LogP contribution in [-0.2, 0) is 0 Å². The molecule has 1 unspecified atom stereocenters. The highest BCUT2D eigenvalue weighted by molar-refractivity contribution is 14.1. The van der Waals surface area contributed by atoms with Crippen LogP contribution in [-0.4, -0.2) is 4.98 Å². The summed E-state index contributed by atoms with van der Waals surface area (Å²) in [7, 11) is 0. The highest BCUT2D eigenvalue weighted by Crippen LogP contribution is 2.35. The van der Waals surface area contributed by atoms with E-state index in [1.807, 2.05) is 24.3 Å². The van der Waals surface area contributed by atoms with Gasteiger partial charge in [-0.15, -0.1) is 11.6 Å². The third kappa shape index (κ3) is 2.66. The van der Waals surface area contributed by atoms with E-state index in [0.717, 1.165) is 19.2 Å². The van der Waals surface area contributed by atoms with Gasteiger partial charge in [-0.1, -0.05) is 22.0 Å². The van der Waals surface area contributed by atoms with Crippen molar-refractivity contribution in [2.75, 3.05) is 0 Å². The Labute approximate surface area is 141 Å². The molecule has 6 heteroatoms. The second-order valence-electron chi connectivity index (χ2n) is 4.30. The second-order valence-corrected chi connectivity index (χ2v) is 6.83. The zero-order valence-electron chi connectivity index (χ0n) is 9.99. The molecule has 1 heterocycles. The number of hydrogen-bond donors (Lipinski definition) is 1. The van der Waals surface area contributed by atoms with Crippen LogP contribution in [0.4, 0.5) is 0 Å². The lowest BCUT2D eigenvalue weighted by Gasteiger charge is -2.12. The molecule has 0 spiro atoms. The molecule has 0 radical (unpaired) electrons. The van der Waals surface area contributed by atoms with Gasteiger partial charge in [-0.25, -0.2) is 4.79 Å². The summed E-state index contributed by atoms with van der Waals surface area (Å²) in [5, 5.41) is -0.316. The van der Waals surface area contributed by atoms with Gasteiger partial charge in [0, 0.05) is 8.04 Å². The number of nitrogens with one attached hydrogen (secondary N) is 1. The van der Waals surface area contributed by atoms with Crippen molar-refractivity contribution in [1.29, 1.82) is 0 Å². The lowest BCUT2D eigenvalue weighted by atomic mass is 10.0. The molecule has 0 aliphatic rings. The summed E-state index contributed by atoms with van der Waals surface area (Å²) in [5.74, 6) is -0.460. The fraction of sp³-hybridized carbons (Fsp3) is 0.0714. The topological polar surface area (TPSA) is 46.0 Å². The minimum absolute atomic E-state index is 0.316. The quantitative estimate of drug-likeness (QED) is 0.437. The van der Waals surface area contributed by atoms with Crippen molar-refractivity contribution in [1.82, 2.24) is 4.98 Å². The monoisotopic (exact) mass is 463 g/mol. The number of fused-ring (bicyclic) bond motifs is 1. The first-order valence-corrected chi connectivity index (χ1v) is 8.07. The predicted octanol–water partition coefficient (Wildman–Crippen LogP) is 4.82. The largest absolute Gasteiger partial charge is 0.417 e. The van der Waals surface area contributed by atoms with Gasteiger partial charge in [0.2, 0.25) is 0 Å². The van der Waals surface area contributed by atoms with E-state index in [9.17, 15) is 4.79 Å². The maximum Gasteiger partial charge on any atom is 0.417 e. The molecule has 3 rings (SSSR count). The highest BCUT2D eigenvalue weighted by Gasteiger charge is 2.16. The summed E-state index contributed by atoms with van der Waals surface area (Å²) < 4.78 is 7.13. The Hall–Kier alpha value is -0.790. The van der Waals surface area contributed by atoms with Gasteiger partial charge in [0.15, 0.2) is 5.58 Å². The average molecular weight is 464 g/mol. The molecule has 0 fully saturated rings. The number of benzene rings is 2. The van der Waals surface area contributed by atoms with Crippen molar-refractivity contribution in [3.63, 3.8) is 0 Å². The molecule has 0 aliphatic heterocycles. The predicted molar refractivity (Wildman–Crippen MR) is 91.4 cm³/mol. The maximum atomic E-state index is 11.2. The molecule has 102 valence electrons. The van der Waals surface area contributed by atoms with Crippen molar-refractivity contribution in [2.45, 2.75) is 5.38 Å². The Kier molecular flexibility index (Phi) is 3.92. The Morgan fingerprint density at radius 3 is 2.85 bits per heavy atom. The van der Waals surface area contributed by atoms with E-state index in [1.54, 1.807) is 12.1 Å². The number of hydrogen-bond acceptors (Lipinski definition) is 2. The molecule has 0 saturated carbocycles. The van der Waals surface area contributed by atoms with Gasteiger partial charge in [0.05, 0.1) is 10.9 Å². The second kappa shape index (κ2) is 5.54. The summed E-state index contributed by atoms with van der Waals surface area (Å²) in [6, 6.07) is 11.5. The SMILES string of the molecule is O=c1[nH]c2ccc(C(Cl)c3cc(I)ccc3Br)cc2o1. The summed E-state index contributed by atoms with van der Waals surface area (Å²) >= 11 is 12.3. The third-order valence-electron chi connectivity index (χ3n) is 2.97. The molecule has 0 saturated heterocycles. The number of oxazole rings is 1. The maximum absolute atomic E-state index is 11.2. The van der Waals surface area contributed by atoms with Gasteiger partial charge in [-0.2, -0.15) is 0 Å². The highest BCUT2D eigenvalue weighted by atomic mass is 127. The van der Waals surface area contributed by atoms with Gasteiger partial charge < -0.3 is 4.42 Å². The van der Waals surface area contributed by atoms with Crippen molar-refractivity contribution in [2.24, 2.45) is 0 Å². The number of H-pyrrole nitrogens is 1. The van der Waals surface area contributed by atoms with Crippen LogP contribution in [0.1, 0.15) is 16.5 Å². The van der Waals surface area contributed by atoms with Crippen LogP contribution in [0, 0.1) is 3.57 Å². The standard InChI is InChI=1S/C14H8BrClINO2/c15-10-3-2-8(17)6-9(10)13(16)7-1-4-11-12(5-7)20-14(19)18-11/h1-6,13H,(H,18,19). The summed E-state index contributed by atoms with van der Waals surface area (Å²) in [6.07, 6.45) is 0. The molecule has 1 atom stereocenters. The van der Waals surface area contributed by atoms with Crippen LogP contribution in [0.3, 0.4) is 0 Å². The minimum Gasteiger partial charge on any atom is -0.408 e. The Balaban J connectivity index is 2.09. The number of aromatic amines is 1. The molecule has 2 aromatic carbocycles. The molecule has 0 aliphatic carbocycles. The molecule has 1 N–H and O–H groups in total. The fourth-order valence-corrected chi connectivity index (χ4v) is 3.45. The summed E-state index contributed by atoms with van der Waals surface area (Å²) in [5.41, 5.74) is 3.05. The minimum atomic E-state index is -0.460. The van der Waals surface area contributed by atoms with E-state index in [2.05, 4.69) is 43.5 Å². The first-order valence-electron chi connectivity index (χ1n) is 5.76. The molecular formula is C14H8BrClINO2. The summed E-state index contributed by atoms with van der Waals surface area (Å²) in [4.78, 5) is 13.8. The van der Waals surface area contributed by atoms with E-state index in [4.69, 9.17) is 16.0 Å². The number of halogens is 3. The van der Waals surface area contributed by atoms with Crippen LogP contribution in [0.2, 0.25) is 0 Å². The first kappa shape index (κ1) is 14.2. The Morgan fingerprint density at radius 2 is 2.05 bits per heavy atom. The third-order valence-corrected chi connectivity index (χ3v) is 4.85. The van der Waals surface area contributed by atoms with Crippen LogP contribution >= 0.6 is 50.1 Å². The molecule has 3 nitrogen and oxygen atoms in total. The van der Waals surface area contributed by atoms with E-state index < -0.39 is 5.76 Å². The molecule has 20 heavy (non-hydrogen) atoms. The van der Waals surface area contributed by atoms with Crippen LogP contribution in [0.25, 0.3) is 11.1 Å². The van der Waals surface area contributed by atoms with Crippen LogP contribution in [0.5, 0.6) is 0 Å². The Morgan fingerprint density at radius 1 is 1.25 bits per heavy atom. The van der Waals surface area contributed by atoms with Gasteiger partial charge in [0.1, 0.15) is 0 Å².